The highest BCUT2D eigenvalue weighted by Crippen LogP contribution is 2.37. The Bertz CT molecular complexity index is 278. The Hall–Kier alpha value is -1.27. The molecule has 2 N–H and O–H groups in total. The van der Waals surface area contributed by atoms with E-state index in [1.165, 1.54) is 7.05 Å². The van der Waals surface area contributed by atoms with Crippen LogP contribution in [0.15, 0.2) is 0 Å². The summed E-state index contributed by atoms with van der Waals surface area (Å²) in [5.74, 6) is -2.58. The molecular formula is C8H11F3N2O2. The van der Waals surface area contributed by atoms with Gasteiger partial charge in [-0.15, -0.1) is 0 Å². The fourth-order valence-electron chi connectivity index (χ4n) is 1.30. The van der Waals surface area contributed by atoms with Crippen LogP contribution in [0.3, 0.4) is 0 Å². The van der Waals surface area contributed by atoms with Crippen molar-refractivity contribution < 1.29 is 22.8 Å². The molecule has 2 unspecified atom stereocenters. The highest BCUT2D eigenvalue weighted by molar-refractivity contribution is 5.83. The van der Waals surface area contributed by atoms with Crippen LogP contribution in [-0.4, -0.2) is 31.6 Å². The fraction of sp³-hybridized carbons (Fsp3) is 0.750. The summed E-state index contributed by atoms with van der Waals surface area (Å²) in [6, 6.07) is 0. The highest BCUT2D eigenvalue weighted by atomic mass is 19.4. The maximum atomic E-state index is 11.8. The zero-order chi connectivity index (χ0) is 11.6. The summed E-state index contributed by atoms with van der Waals surface area (Å²) < 4.78 is 35.3. The minimum atomic E-state index is -4.85. The molecule has 0 aromatic carbocycles. The summed E-state index contributed by atoms with van der Waals surface area (Å²) in [6.07, 6.45) is -4.32. The molecule has 0 radical (unpaired) electrons. The Kier molecular flexibility index (Phi) is 3.21. The molecule has 2 amide bonds. The van der Waals surface area contributed by atoms with E-state index < -0.39 is 12.1 Å². The zero-order valence-corrected chi connectivity index (χ0v) is 8.02. The van der Waals surface area contributed by atoms with Gasteiger partial charge in [0, 0.05) is 19.5 Å². The van der Waals surface area contributed by atoms with Crippen molar-refractivity contribution >= 4 is 11.8 Å². The molecule has 0 heterocycles. The van der Waals surface area contributed by atoms with Crippen molar-refractivity contribution in [3.8, 4) is 0 Å². The van der Waals surface area contributed by atoms with Crippen molar-refractivity contribution in [1.82, 2.24) is 10.6 Å². The second-order valence-corrected chi connectivity index (χ2v) is 3.42. The van der Waals surface area contributed by atoms with Crippen LogP contribution < -0.4 is 10.6 Å². The first-order valence-electron chi connectivity index (χ1n) is 4.43. The number of carbonyl (C=O) groups excluding carboxylic acids is 2. The number of nitrogens with one attached hydrogen (secondary N) is 2. The largest absolute Gasteiger partial charge is 0.471 e. The molecule has 0 aromatic rings. The maximum Gasteiger partial charge on any atom is 0.471 e. The van der Waals surface area contributed by atoms with Crippen molar-refractivity contribution in [2.75, 3.05) is 13.6 Å². The van der Waals surface area contributed by atoms with Crippen molar-refractivity contribution in [2.45, 2.75) is 12.6 Å². The molecule has 15 heavy (non-hydrogen) atoms. The molecule has 1 aliphatic carbocycles. The quantitative estimate of drug-likeness (QED) is 0.711. The number of amides is 2. The van der Waals surface area contributed by atoms with Crippen LogP contribution >= 0.6 is 0 Å². The lowest BCUT2D eigenvalue weighted by Gasteiger charge is -2.06. The number of carbonyl (C=O) groups is 2. The van der Waals surface area contributed by atoms with Gasteiger partial charge in [-0.2, -0.15) is 13.2 Å². The number of hydrogen-bond acceptors (Lipinski definition) is 2. The molecule has 0 aliphatic heterocycles. The van der Waals surface area contributed by atoms with Crippen molar-refractivity contribution in [3.05, 3.63) is 0 Å². The molecule has 7 heteroatoms. The van der Waals surface area contributed by atoms with Crippen LogP contribution in [0.4, 0.5) is 13.2 Å². The summed E-state index contributed by atoms with van der Waals surface area (Å²) in [5, 5.41) is 4.15. The van der Waals surface area contributed by atoms with Gasteiger partial charge in [0.15, 0.2) is 0 Å². The van der Waals surface area contributed by atoms with E-state index in [4.69, 9.17) is 0 Å². The van der Waals surface area contributed by atoms with Gasteiger partial charge in [-0.25, -0.2) is 0 Å². The summed E-state index contributed by atoms with van der Waals surface area (Å²) in [4.78, 5) is 21.4. The predicted molar refractivity (Wildman–Crippen MR) is 44.7 cm³/mol. The van der Waals surface area contributed by atoms with Crippen molar-refractivity contribution in [2.24, 2.45) is 11.8 Å². The van der Waals surface area contributed by atoms with Crippen LogP contribution in [0.1, 0.15) is 6.42 Å². The lowest BCUT2D eigenvalue weighted by atomic mass is 10.3. The molecule has 2 atom stereocenters. The molecule has 1 aliphatic rings. The molecule has 0 spiro atoms. The monoisotopic (exact) mass is 224 g/mol. The topological polar surface area (TPSA) is 58.2 Å². The Morgan fingerprint density at radius 2 is 2.00 bits per heavy atom. The second kappa shape index (κ2) is 4.08. The number of rotatable bonds is 3. The summed E-state index contributed by atoms with van der Waals surface area (Å²) in [7, 11) is 1.46. The average Bonchev–Trinajstić information content (AvgIpc) is 2.90. The Balaban J connectivity index is 2.24. The number of hydrogen-bond donors (Lipinski definition) is 2. The van der Waals surface area contributed by atoms with Crippen LogP contribution in [0, 0.1) is 11.8 Å². The molecule has 0 bridgehead atoms. The van der Waals surface area contributed by atoms with Crippen LogP contribution in [0.2, 0.25) is 0 Å². The van der Waals surface area contributed by atoms with Gasteiger partial charge in [0.25, 0.3) is 0 Å². The second-order valence-electron chi connectivity index (χ2n) is 3.42. The first-order valence-corrected chi connectivity index (χ1v) is 4.43. The third-order valence-electron chi connectivity index (χ3n) is 2.29. The predicted octanol–water partition coefficient (Wildman–Crippen LogP) is 0.0470. The number of alkyl halides is 3. The molecular weight excluding hydrogens is 213 g/mol. The van der Waals surface area contributed by atoms with Crippen molar-refractivity contribution in [1.29, 1.82) is 0 Å². The van der Waals surface area contributed by atoms with Crippen LogP contribution in [-0.2, 0) is 9.59 Å². The maximum absolute atomic E-state index is 11.8. The van der Waals surface area contributed by atoms with Crippen LogP contribution in [0.25, 0.3) is 0 Å². The standard InChI is InChI=1S/C8H11F3N2O2/c1-12-6(14)5-2-4(5)3-13-7(15)8(9,10)11/h4-5H,2-3H2,1H3,(H,12,14)(H,13,15). The zero-order valence-electron chi connectivity index (χ0n) is 8.02. The lowest BCUT2D eigenvalue weighted by molar-refractivity contribution is -0.173. The lowest BCUT2D eigenvalue weighted by Crippen LogP contribution is -2.38. The molecule has 0 saturated heterocycles. The summed E-state index contributed by atoms with van der Waals surface area (Å²) in [5.41, 5.74) is 0. The molecule has 86 valence electrons. The van der Waals surface area contributed by atoms with E-state index in [2.05, 4.69) is 5.32 Å². The normalized spacial score (nSPS) is 24.5. The highest BCUT2D eigenvalue weighted by Gasteiger charge is 2.44. The van der Waals surface area contributed by atoms with Gasteiger partial charge in [-0.05, 0) is 12.3 Å². The third kappa shape index (κ3) is 3.10. The van der Waals surface area contributed by atoms with E-state index in [-0.39, 0.29) is 24.3 Å². The SMILES string of the molecule is CNC(=O)C1CC1CNC(=O)C(F)(F)F. The first kappa shape index (κ1) is 11.8. The van der Waals surface area contributed by atoms with E-state index in [9.17, 15) is 22.8 Å². The van der Waals surface area contributed by atoms with Gasteiger partial charge in [0.2, 0.25) is 5.91 Å². The van der Waals surface area contributed by atoms with E-state index >= 15 is 0 Å². The van der Waals surface area contributed by atoms with Gasteiger partial charge in [-0.1, -0.05) is 0 Å². The molecule has 1 rings (SSSR count). The molecule has 0 aromatic heterocycles. The van der Waals surface area contributed by atoms with E-state index in [0.717, 1.165) is 0 Å². The Morgan fingerprint density at radius 3 is 2.47 bits per heavy atom. The fourth-order valence-corrected chi connectivity index (χ4v) is 1.30. The van der Waals surface area contributed by atoms with E-state index in [1.807, 2.05) is 0 Å². The smallest absolute Gasteiger partial charge is 0.359 e. The van der Waals surface area contributed by atoms with Gasteiger partial charge >= 0.3 is 12.1 Å². The molecule has 4 nitrogen and oxygen atoms in total. The molecule has 1 fully saturated rings. The van der Waals surface area contributed by atoms with Gasteiger partial charge in [0.05, 0.1) is 0 Å². The van der Waals surface area contributed by atoms with Gasteiger partial charge in [0.1, 0.15) is 0 Å². The minimum absolute atomic E-state index is 0.101. The first-order chi connectivity index (χ1) is 6.86. The molecule has 1 saturated carbocycles. The van der Waals surface area contributed by atoms with Gasteiger partial charge in [-0.3, -0.25) is 9.59 Å². The summed E-state index contributed by atoms with van der Waals surface area (Å²) >= 11 is 0. The summed E-state index contributed by atoms with van der Waals surface area (Å²) in [6.45, 7) is -0.101. The number of halogens is 3. The Labute approximate surface area is 84.2 Å². The Morgan fingerprint density at radius 1 is 1.40 bits per heavy atom. The average molecular weight is 224 g/mol. The minimum Gasteiger partial charge on any atom is -0.359 e. The van der Waals surface area contributed by atoms with E-state index in [1.54, 1.807) is 5.32 Å². The van der Waals surface area contributed by atoms with Gasteiger partial charge < -0.3 is 10.6 Å². The third-order valence-corrected chi connectivity index (χ3v) is 2.29. The van der Waals surface area contributed by atoms with Crippen molar-refractivity contribution in [3.63, 3.8) is 0 Å². The van der Waals surface area contributed by atoms with E-state index in [0.29, 0.717) is 6.42 Å². The van der Waals surface area contributed by atoms with Crippen LogP contribution in [0.5, 0.6) is 0 Å².